The van der Waals surface area contributed by atoms with E-state index in [1.165, 1.54) is 23.9 Å². The predicted molar refractivity (Wildman–Crippen MR) is 95.2 cm³/mol. The van der Waals surface area contributed by atoms with Gasteiger partial charge in [-0.2, -0.15) is 0 Å². The molecule has 142 valence electrons. The fourth-order valence-electron chi connectivity index (χ4n) is 2.52. The molecule has 1 aliphatic heterocycles. The van der Waals surface area contributed by atoms with Gasteiger partial charge in [0.2, 0.25) is 0 Å². The smallest absolute Gasteiger partial charge is 0.330 e. The summed E-state index contributed by atoms with van der Waals surface area (Å²) in [4.78, 5) is 25.7. The van der Waals surface area contributed by atoms with E-state index in [1.807, 2.05) is 0 Å². The quantitative estimate of drug-likeness (QED) is 0.742. The molecule has 2 N–H and O–H groups in total. The first-order valence-corrected chi connectivity index (χ1v) is 11.2. The van der Waals surface area contributed by atoms with E-state index >= 15 is 0 Å². The fraction of sp³-hybridized carbons (Fsp3) is 0.750. The number of methoxy groups -OCH3 is 1. The minimum atomic E-state index is -2.24. The van der Waals surface area contributed by atoms with Gasteiger partial charge in [-0.25, -0.2) is 4.79 Å². The van der Waals surface area contributed by atoms with Crippen LogP contribution in [0.5, 0.6) is 0 Å². The Kier molecular flexibility index (Phi) is 5.74. The van der Waals surface area contributed by atoms with E-state index in [0.717, 1.165) is 0 Å². The molecule has 1 unspecified atom stereocenters. The topological polar surface area (TPSA) is 103 Å². The van der Waals surface area contributed by atoms with Crippen LogP contribution in [0.1, 0.15) is 27.0 Å². The van der Waals surface area contributed by atoms with Crippen LogP contribution in [0.4, 0.5) is 0 Å². The van der Waals surface area contributed by atoms with Crippen molar-refractivity contribution < 1.29 is 19.0 Å². The third kappa shape index (κ3) is 4.12. The van der Waals surface area contributed by atoms with Crippen molar-refractivity contribution in [1.82, 2.24) is 9.55 Å². The lowest BCUT2D eigenvalue weighted by Gasteiger charge is -2.40. The van der Waals surface area contributed by atoms with Crippen LogP contribution in [0.25, 0.3) is 0 Å². The van der Waals surface area contributed by atoms with Crippen LogP contribution in [0.2, 0.25) is 18.1 Å². The van der Waals surface area contributed by atoms with Crippen LogP contribution in [-0.4, -0.2) is 55.0 Å². The first kappa shape index (κ1) is 20.1. The average molecular weight is 372 g/mol. The van der Waals surface area contributed by atoms with Crippen molar-refractivity contribution in [3.8, 4) is 0 Å². The molecule has 4 atom stereocenters. The number of hydrogen-bond acceptors (Lipinski definition) is 6. The molecule has 1 saturated heterocycles. The Hall–Kier alpha value is -1.26. The Morgan fingerprint density at radius 1 is 1.36 bits per heavy atom. The number of rotatable bonds is 5. The number of nitrogens with one attached hydrogen (secondary N) is 1. The van der Waals surface area contributed by atoms with E-state index in [2.05, 4.69) is 38.8 Å². The van der Waals surface area contributed by atoms with Gasteiger partial charge >= 0.3 is 5.69 Å². The van der Waals surface area contributed by atoms with Crippen molar-refractivity contribution in [2.75, 3.05) is 13.7 Å². The van der Waals surface area contributed by atoms with Gasteiger partial charge in [0.15, 0.2) is 14.5 Å². The normalized spacial score (nSPS) is 27.6. The van der Waals surface area contributed by atoms with Gasteiger partial charge in [0.25, 0.3) is 5.56 Å². The van der Waals surface area contributed by atoms with Gasteiger partial charge in [-0.05, 0) is 18.1 Å². The number of aliphatic hydroxyl groups excluding tert-OH is 1. The molecule has 0 bridgehead atoms. The Morgan fingerprint density at radius 3 is 2.52 bits per heavy atom. The maximum Gasteiger partial charge on any atom is 0.330 e. The Balaban J connectivity index is 2.40. The number of aromatic nitrogens is 2. The highest BCUT2D eigenvalue weighted by molar-refractivity contribution is 6.74. The highest BCUT2D eigenvalue weighted by Crippen LogP contribution is 2.41. The maximum absolute atomic E-state index is 12.2. The third-order valence-electron chi connectivity index (χ3n) is 5.01. The van der Waals surface area contributed by atoms with E-state index < -0.39 is 44.1 Å². The summed E-state index contributed by atoms with van der Waals surface area (Å²) in [7, 11) is -0.722. The zero-order chi connectivity index (χ0) is 19.0. The lowest BCUT2D eigenvalue weighted by Crippen LogP contribution is -2.49. The maximum atomic E-state index is 12.2. The second-order valence-electron chi connectivity index (χ2n) is 7.87. The first-order valence-electron chi connectivity index (χ1n) is 8.29. The Morgan fingerprint density at radius 2 is 2.00 bits per heavy atom. The highest BCUT2D eigenvalue weighted by Gasteiger charge is 2.50. The zero-order valence-electron chi connectivity index (χ0n) is 15.6. The van der Waals surface area contributed by atoms with E-state index in [-0.39, 0.29) is 11.6 Å². The van der Waals surface area contributed by atoms with E-state index in [9.17, 15) is 14.7 Å². The molecule has 0 radical (unpaired) electrons. The van der Waals surface area contributed by atoms with Gasteiger partial charge < -0.3 is 19.0 Å². The Labute approximate surface area is 147 Å². The number of ether oxygens (including phenoxy) is 2. The molecule has 1 aliphatic rings. The molecule has 0 aliphatic carbocycles. The van der Waals surface area contributed by atoms with Gasteiger partial charge in [-0.1, -0.05) is 20.8 Å². The van der Waals surface area contributed by atoms with Crippen molar-refractivity contribution in [3.63, 3.8) is 0 Å². The molecular weight excluding hydrogens is 344 g/mol. The summed E-state index contributed by atoms with van der Waals surface area (Å²) in [5.41, 5.74) is -1.10. The van der Waals surface area contributed by atoms with E-state index in [4.69, 9.17) is 13.9 Å². The average Bonchev–Trinajstić information content (AvgIpc) is 2.75. The van der Waals surface area contributed by atoms with Crippen LogP contribution in [0, 0.1) is 0 Å². The van der Waals surface area contributed by atoms with E-state index in [0.29, 0.717) is 0 Å². The van der Waals surface area contributed by atoms with Crippen molar-refractivity contribution in [1.29, 1.82) is 0 Å². The number of aliphatic hydroxyl groups is 1. The minimum Gasteiger partial charge on any atom is -0.407 e. The van der Waals surface area contributed by atoms with Gasteiger partial charge in [0.1, 0.15) is 18.3 Å². The second kappa shape index (κ2) is 7.16. The molecular formula is C16H28N2O6Si. The van der Waals surface area contributed by atoms with Crippen molar-refractivity contribution in [2.45, 2.75) is 63.4 Å². The van der Waals surface area contributed by atoms with Crippen molar-refractivity contribution >= 4 is 8.32 Å². The van der Waals surface area contributed by atoms with Crippen LogP contribution in [0.15, 0.2) is 21.9 Å². The molecule has 25 heavy (non-hydrogen) atoms. The molecule has 1 aromatic rings. The first-order chi connectivity index (χ1) is 11.5. The Bertz CT molecular complexity index is 708. The minimum absolute atomic E-state index is 0.0768. The molecule has 2 rings (SSSR count). The van der Waals surface area contributed by atoms with Gasteiger partial charge in [0.05, 0.1) is 6.61 Å². The number of aromatic amines is 1. The predicted octanol–water partition coefficient (Wildman–Crippen LogP) is 0.832. The molecule has 0 saturated carbocycles. The largest absolute Gasteiger partial charge is 0.407 e. The summed E-state index contributed by atoms with van der Waals surface area (Å²) < 4.78 is 18.6. The van der Waals surface area contributed by atoms with E-state index in [1.54, 1.807) is 0 Å². The van der Waals surface area contributed by atoms with Gasteiger partial charge in [0, 0.05) is 19.4 Å². The summed E-state index contributed by atoms with van der Waals surface area (Å²) in [5, 5.41) is 10.6. The summed E-state index contributed by atoms with van der Waals surface area (Å²) in [5.74, 6) is 0. The van der Waals surface area contributed by atoms with Crippen LogP contribution in [-0.2, 0) is 13.9 Å². The standard InChI is InChI=1S/C16H28N2O6Si/c1-16(2,3)25(5,6)24-13-12(20)10(9-22-4)23-14(13)18-8-7-11(19)17-15(18)21/h7-8,10,12-14,20H,9H2,1-6H3,(H,17,19,21)/t10-,12+,13?,14-/m1/s1. The zero-order valence-corrected chi connectivity index (χ0v) is 16.6. The molecule has 9 heteroatoms. The molecule has 8 nitrogen and oxygen atoms in total. The lowest BCUT2D eigenvalue weighted by atomic mass is 10.1. The van der Waals surface area contributed by atoms with Crippen LogP contribution < -0.4 is 11.2 Å². The summed E-state index contributed by atoms with van der Waals surface area (Å²) in [6.45, 7) is 10.6. The van der Waals surface area contributed by atoms with Crippen LogP contribution >= 0.6 is 0 Å². The molecule has 0 amide bonds. The second-order valence-corrected chi connectivity index (χ2v) is 12.6. The number of nitrogens with zero attached hydrogens (tertiary/aromatic N) is 1. The fourth-order valence-corrected chi connectivity index (χ4v) is 3.81. The summed E-state index contributed by atoms with van der Waals surface area (Å²) in [6, 6.07) is 1.24. The monoisotopic (exact) mass is 372 g/mol. The summed E-state index contributed by atoms with van der Waals surface area (Å²) >= 11 is 0. The molecule has 0 aromatic carbocycles. The SMILES string of the molecule is COC[C@H]1O[C@@H](n2ccc(=O)[nH]c2=O)C(O[Si](C)(C)C(C)(C)C)[C@H]1O. The number of H-pyrrole nitrogens is 1. The number of hydrogen-bond donors (Lipinski definition) is 2. The highest BCUT2D eigenvalue weighted by atomic mass is 28.4. The molecule has 0 spiro atoms. The third-order valence-corrected chi connectivity index (χ3v) is 9.48. The van der Waals surface area contributed by atoms with Gasteiger partial charge in [-0.15, -0.1) is 0 Å². The van der Waals surface area contributed by atoms with Crippen molar-refractivity contribution in [2.24, 2.45) is 0 Å². The summed E-state index contributed by atoms with van der Waals surface area (Å²) in [6.07, 6.45) is -1.78. The van der Waals surface area contributed by atoms with Gasteiger partial charge in [-0.3, -0.25) is 14.3 Å². The molecule has 1 aromatic heterocycles. The molecule has 1 fully saturated rings. The van der Waals surface area contributed by atoms with Crippen LogP contribution in [0.3, 0.4) is 0 Å². The van der Waals surface area contributed by atoms with Crippen molar-refractivity contribution in [3.05, 3.63) is 33.1 Å². The lowest BCUT2D eigenvalue weighted by molar-refractivity contribution is -0.0603. The molecule has 2 heterocycles.